The number of carbonyl (C=O) groups excluding carboxylic acids is 1. The third-order valence-corrected chi connectivity index (χ3v) is 5.52. The molecular weight excluding hydrogens is 438 g/mol. The molecule has 10 heteroatoms. The van der Waals surface area contributed by atoms with E-state index in [0.717, 1.165) is 17.0 Å². The Morgan fingerprint density at radius 3 is 2.58 bits per heavy atom. The van der Waals surface area contributed by atoms with Crippen LogP contribution in [0.25, 0.3) is 17.2 Å². The lowest BCUT2D eigenvalue weighted by Crippen LogP contribution is -2.14. The number of carbonyl (C=O) groups is 1. The van der Waals surface area contributed by atoms with Crippen LogP contribution in [0.2, 0.25) is 0 Å². The molecule has 0 bridgehead atoms. The number of hydrogen-bond acceptors (Lipinski definition) is 8. The van der Waals surface area contributed by atoms with E-state index in [1.54, 1.807) is 18.6 Å². The van der Waals surface area contributed by atoms with E-state index in [4.69, 9.17) is 4.84 Å². The quantitative estimate of drug-likeness (QED) is 0.242. The summed E-state index contributed by atoms with van der Waals surface area (Å²) in [5, 5.41) is 16.0. The number of oxime groups is 1. The number of thioether (sulfide) groups is 1. The maximum Gasteiger partial charge on any atom is 0.234 e. The van der Waals surface area contributed by atoms with Gasteiger partial charge >= 0.3 is 0 Å². The van der Waals surface area contributed by atoms with E-state index in [2.05, 4.69) is 30.6 Å². The molecule has 0 radical (unpaired) electrons. The van der Waals surface area contributed by atoms with Crippen molar-refractivity contribution < 1.29 is 9.63 Å². The molecule has 0 saturated carbocycles. The fourth-order valence-corrected chi connectivity index (χ4v) is 3.82. The average Bonchev–Trinajstić information content (AvgIpc) is 3.28. The van der Waals surface area contributed by atoms with Crippen LogP contribution in [-0.2, 0) is 9.63 Å². The number of para-hydroxylation sites is 1. The van der Waals surface area contributed by atoms with Crippen LogP contribution in [0, 0.1) is 0 Å². The van der Waals surface area contributed by atoms with Gasteiger partial charge in [-0.1, -0.05) is 47.2 Å². The first-order valence-electron chi connectivity index (χ1n) is 10.0. The highest BCUT2D eigenvalue weighted by Gasteiger charge is 2.18. The third-order valence-electron chi connectivity index (χ3n) is 4.59. The molecule has 9 nitrogen and oxygen atoms in total. The largest absolute Gasteiger partial charge is 0.399 e. The zero-order valence-corrected chi connectivity index (χ0v) is 18.9. The molecule has 166 valence electrons. The first-order valence-corrected chi connectivity index (χ1v) is 11.0. The van der Waals surface area contributed by atoms with Crippen LogP contribution in [-0.4, -0.2) is 49.2 Å². The van der Waals surface area contributed by atoms with Gasteiger partial charge in [0.25, 0.3) is 0 Å². The van der Waals surface area contributed by atoms with Crippen LogP contribution in [0.4, 0.5) is 5.69 Å². The molecule has 2 heterocycles. The van der Waals surface area contributed by atoms with Crippen LogP contribution in [0.15, 0.2) is 83.5 Å². The van der Waals surface area contributed by atoms with Crippen LogP contribution >= 0.6 is 11.8 Å². The molecule has 4 rings (SSSR count). The van der Waals surface area contributed by atoms with Gasteiger partial charge in [-0.15, -0.1) is 10.2 Å². The lowest BCUT2D eigenvalue weighted by atomic mass is 10.1. The van der Waals surface area contributed by atoms with Crippen molar-refractivity contribution in [3.05, 3.63) is 78.8 Å². The van der Waals surface area contributed by atoms with Crippen LogP contribution in [0.1, 0.15) is 12.5 Å². The number of nitrogens with zero attached hydrogens (tertiary/aromatic N) is 6. The summed E-state index contributed by atoms with van der Waals surface area (Å²) in [6.45, 7) is 1.85. The molecule has 33 heavy (non-hydrogen) atoms. The average molecular weight is 460 g/mol. The predicted octanol–water partition coefficient (Wildman–Crippen LogP) is 3.83. The molecule has 2 aromatic carbocycles. The van der Waals surface area contributed by atoms with Gasteiger partial charge in [0.15, 0.2) is 11.0 Å². The van der Waals surface area contributed by atoms with Gasteiger partial charge in [-0.25, -0.2) is 4.98 Å². The maximum absolute atomic E-state index is 12.6. The third kappa shape index (κ3) is 5.42. The van der Waals surface area contributed by atoms with Gasteiger partial charge < -0.3 is 10.2 Å². The fraction of sp³-hybridized carbons (Fsp3) is 0.130. The van der Waals surface area contributed by atoms with Crippen molar-refractivity contribution in [1.82, 2.24) is 24.7 Å². The first kappa shape index (κ1) is 22.2. The molecule has 4 aromatic rings. The summed E-state index contributed by atoms with van der Waals surface area (Å²) < 4.78 is 1.87. The Hall–Kier alpha value is -4.05. The van der Waals surface area contributed by atoms with E-state index >= 15 is 0 Å². The van der Waals surface area contributed by atoms with E-state index in [0.29, 0.717) is 22.4 Å². The Morgan fingerprint density at radius 1 is 1.09 bits per heavy atom. The number of rotatable bonds is 8. The Labute approximate surface area is 194 Å². The Balaban J connectivity index is 1.49. The van der Waals surface area contributed by atoms with Crippen molar-refractivity contribution in [2.75, 3.05) is 18.2 Å². The second kappa shape index (κ2) is 10.5. The van der Waals surface area contributed by atoms with E-state index in [1.807, 2.05) is 66.1 Å². The smallest absolute Gasteiger partial charge is 0.234 e. The Kier molecular flexibility index (Phi) is 7.06. The van der Waals surface area contributed by atoms with Crippen molar-refractivity contribution >= 4 is 29.1 Å². The Morgan fingerprint density at radius 2 is 1.88 bits per heavy atom. The monoisotopic (exact) mass is 459 g/mol. The highest BCUT2D eigenvalue weighted by atomic mass is 32.2. The second-order valence-corrected chi connectivity index (χ2v) is 7.78. The summed E-state index contributed by atoms with van der Waals surface area (Å²) in [4.78, 5) is 25.8. The minimum Gasteiger partial charge on any atom is -0.399 e. The predicted molar refractivity (Wildman–Crippen MR) is 127 cm³/mol. The standard InChI is InChI=1S/C23H21N7O2S/c1-16(29-32-2)17-8-10-18(11-9-17)26-21(31)15-33-23-28-27-22(20-14-24-12-13-25-20)30(23)19-6-4-3-5-7-19/h3-14H,15H2,1-2H3,(H,26,31)/b29-16-. The molecule has 0 aliphatic rings. The molecule has 0 atom stereocenters. The molecule has 1 N–H and O–H groups in total. The Bertz CT molecular complexity index is 1240. The molecule has 1 amide bonds. The topological polar surface area (TPSA) is 107 Å². The van der Waals surface area contributed by atoms with Crippen molar-refractivity contribution in [3.63, 3.8) is 0 Å². The van der Waals surface area contributed by atoms with Crippen molar-refractivity contribution in [1.29, 1.82) is 0 Å². The van der Waals surface area contributed by atoms with Gasteiger partial charge in [-0.05, 0) is 36.8 Å². The molecule has 0 fully saturated rings. The highest BCUT2D eigenvalue weighted by molar-refractivity contribution is 7.99. The number of benzene rings is 2. The minimum absolute atomic E-state index is 0.154. The molecular formula is C23H21N7O2S. The van der Waals surface area contributed by atoms with Crippen molar-refractivity contribution in [3.8, 4) is 17.2 Å². The van der Waals surface area contributed by atoms with E-state index in [9.17, 15) is 4.79 Å². The molecule has 0 spiro atoms. The van der Waals surface area contributed by atoms with Gasteiger partial charge in [0, 0.05) is 23.8 Å². The van der Waals surface area contributed by atoms with E-state index < -0.39 is 0 Å². The highest BCUT2D eigenvalue weighted by Crippen LogP contribution is 2.26. The normalized spacial score (nSPS) is 11.3. The summed E-state index contributed by atoms with van der Waals surface area (Å²) >= 11 is 1.29. The van der Waals surface area contributed by atoms with Crippen LogP contribution in [0.3, 0.4) is 0 Å². The van der Waals surface area contributed by atoms with E-state index in [-0.39, 0.29) is 11.7 Å². The first-order chi connectivity index (χ1) is 16.2. The molecule has 2 aromatic heterocycles. The summed E-state index contributed by atoms with van der Waals surface area (Å²) in [6.07, 6.45) is 4.84. The van der Waals surface area contributed by atoms with Gasteiger partial charge in [0.1, 0.15) is 12.8 Å². The number of nitrogens with one attached hydrogen (secondary N) is 1. The second-order valence-electron chi connectivity index (χ2n) is 6.84. The lowest BCUT2D eigenvalue weighted by Gasteiger charge is -2.10. The molecule has 0 unspecified atom stereocenters. The van der Waals surface area contributed by atoms with Crippen molar-refractivity contribution in [2.24, 2.45) is 5.16 Å². The fourth-order valence-electron chi connectivity index (χ4n) is 3.07. The van der Waals surface area contributed by atoms with Gasteiger partial charge in [-0.2, -0.15) is 0 Å². The number of aromatic nitrogens is 5. The van der Waals surface area contributed by atoms with Crippen LogP contribution < -0.4 is 5.32 Å². The minimum atomic E-state index is -0.154. The summed E-state index contributed by atoms with van der Waals surface area (Å²) in [7, 11) is 1.50. The SMILES string of the molecule is CO/N=C(/C)c1ccc(NC(=O)CSc2nnc(-c3cnccn3)n2-c2ccccc2)cc1. The van der Waals surface area contributed by atoms with Gasteiger partial charge in [-0.3, -0.25) is 14.3 Å². The zero-order chi connectivity index (χ0) is 23.0. The van der Waals surface area contributed by atoms with E-state index in [1.165, 1.54) is 18.9 Å². The summed E-state index contributed by atoms with van der Waals surface area (Å²) in [5.41, 5.74) is 3.83. The number of hydrogen-bond donors (Lipinski definition) is 1. The number of amides is 1. The van der Waals surface area contributed by atoms with Crippen LogP contribution in [0.5, 0.6) is 0 Å². The lowest BCUT2D eigenvalue weighted by molar-refractivity contribution is -0.113. The molecule has 0 saturated heterocycles. The van der Waals surface area contributed by atoms with Gasteiger partial charge in [0.2, 0.25) is 5.91 Å². The molecule has 0 aliphatic carbocycles. The van der Waals surface area contributed by atoms with Gasteiger partial charge in [0.05, 0.1) is 17.7 Å². The molecule has 0 aliphatic heterocycles. The summed E-state index contributed by atoms with van der Waals surface area (Å²) in [5.74, 6) is 0.566. The van der Waals surface area contributed by atoms with Crippen molar-refractivity contribution in [2.45, 2.75) is 12.1 Å². The number of anilines is 1. The maximum atomic E-state index is 12.6. The summed E-state index contributed by atoms with van der Waals surface area (Å²) in [6, 6.07) is 17.1. The zero-order valence-electron chi connectivity index (χ0n) is 18.0.